The molecule has 0 bridgehead atoms. The molecule has 1 atom stereocenters. The van der Waals surface area contributed by atoms with Crippen molar-refractivity contribution in [3.8, 4) is 0 Å². The molecule has 2 N–H and O–H groups in total. The van der Waals surface area contributed by atoms with Crippen LogP contribution in [0, 0.1) is 6.92 Å². The molecule has 6 nitrogen and oxygen atoms in total. The monoisotopic (exact) mass is 251 g/mol. The Labute approximate surface area is 91.0 Å². The summed E-state index contributed by atoms with van der Waals surface area (Å²) in [7, 11) is -4.54. The van der Waals surface area contributed by atoms with E-state index < -0.39 is 20.8 Å². The Morgan fingerprint density at radius 3 is 2.73 bits per heavy atom. The number of aryl methyl sites for hydroxylation is 1. The van der Waals surface area contributed by atoms with E-state index in [-0.39, 0.29) is 11.6 Å². The lowest BCUT2D eigenvalue weighted by atomic mass is 10.8. The summed E-state index contributed by atoms with van der Waals surface area (Å²) in [5.74, 6) is 0.834. The Balaban J connectivity index is 2.64. The average Bonchev–Trinajstić information content (AvgIpc) is 2.51. The van der Waals surface area contributed by atoms with Crippen LogP contribution in [0.3, 0.4) is 0 Å². The fourth-order valence-electron chi connectivity index (χ4n) is 0.932. The highest BCUT2D eigenvalue weighted by Gasteiger charge is 2.15. The molecule has 0 fully saturated rings. The molecule has 15 heavy (non-hydrogen) atoms. The topological polar surface area (TPSA) is 91.9 Å². The summed E-state index contributed by atoms with van der Waals surface area (Å²) in [5, 5.41) is 0.0295. The maximum absolute atomic E-state index is 11.5. The molecular weight excluding hydrogens is 238 g/mol. The molecule has 0 amide bonds. The van der Waals surface area contributed by atoms with Crippen molar-refractivity contribution in [2.75, 3.05) is 18.6 Å². The fourth-order valence-corrected chi connectivity index (χ4v) is 2.45. The van der Waals surface area contributed by atoms with E-state index in [1.54, 1.807) is 6.92 Å². The van der Waals surface area contributed by atoms with Gasteiger partial charge in [0.05, 0.1) is 6.20 Å². The third-order valence-electron chi connectivity index (χ3n) is 1.65. The van der Waals surface area contributed by atoms with Gasteiger partial charge in [0.25, 0.3) is 10.0 Å². The average molecular weight is 251 g/mol. The first-order valence-corrected chi connectivity index (χ1v) is 7.44. The first-order chi connectivity index (χ1) is 6.92. The zero-order valence-electron chi connectivity index (χ0n) is 8.48. The molecular formula is C7H13N3O3S2. The third-order valence-corrected chi connectivity index (χ3v) is 3.80. The number of H-pyrrole nitrogens is 1. The molecule has 0 aliphatic rings. The Bertz CT molecular complexity index is 452. The Morgan fingerprint density at radius 1 is 1.60 bits per heavy atom. The van der Waals surface area contributed by atoms with Crippen LogP contribution >= 0.6 is 0 Å². The molecule has 86 valence electrons. The normalized spacial score (nSPS) is 14.0. The number of hydrogen-bond donors (Lipinski definition) is 2. The molecule has 0 aromatic carbocycles. The standard InChI is InChI=1S/C7H13N3O3S2/c1-6-8-5-7(10-6)15(12,13)9-3-4-14(2)11/h5,9H,3-4H2,1-2H3,(H,8,10). The zero-order chi connectivity index (χ0) is 11.5. The summed E-state index contributed by atoms with van der Waals surface area (Å²) in [4.78, 5) is 6.41. The van der Waals surface area contributed by atoms with Gasteiger partial charge in [-0.3, -0.25) is 4.21 Å². The lowest BCUT2D eigenvalue weighted by molar-refractivity contribution is 0.580. The zero-order valence-corrected chi connectivity index (χ0v) is 10.1. The minimum absolute atomic E-state index is 0.0295. The molecule has 1 aromatic heterocycles. The molecule has 0 saturated carbocycles. The SMILES string of the molecule is Cc1ncc(S(=O)(=O)NCCS(C)=O)[nH]1. The van der Waals surface area contributed by atoms with E-state index in [1.807, 2.05) is 0 Å². The highest BCUT2D eigenvalue weighted by Crippen LogP contribution is 2.03. The second-order valence-corrected chi connectivity index (χ2v) is 6.30. The van der Waals surface area contributed by atoms with Gasteiger partial charge in [0, 0.05) is 29.4 Å². The van der Waals surface area contributed by atoms with Crippen LogP contribution in [-0.2, 0) is 20.8 Å². The predicted octanol–water partition coefficient (Wildman–Crippen LogP) is -0.625. The van der Waals surface area contributed by atoms with Gasteiger partial charge >= 0.3 is 0 Å². The number of nitrogens with one attached hydrogen (secondary N) is 2. The first-order valence-electron chi connectivity index (χ1n) is 4.23. The second-order valence-electron chi connectivity index (χ2n) is 3.01. The van der Waals surface area contributed by atoms with E-state index in [1.165, 1.54) is 12.5 Å². The molecule has 1 rings (SSSR count). The Hall–Kier alpha value is -0.730. The van der Waals surface area contributed by atoms with Crippen LogP contribution in [-0.4, -0.2) is 41.1 Å². The maximum Gasteiger partial charge on any atom is 0.257 e. The predicted molar refractivity (Wildman–Crippen MR) is 57.4 cm³/mol. The highest BCUT2D eigenvalue weighted by atomic mass is 32.2. The molecule has 0 radical (unpaired) electrons. The summed E-state index contributed by atoms with van der Waals surface area (Å²) in [5.41, 5.74) is 0. The van der Waals surface area contributed by atoms with Crippen LogP contribution < -0.4 is 4.72 Å². The molecule has 0 aliphatic heterocycles. The molecule has 0 spiro atoms. The van der Waals surface area contributed by atoms with Gasteiger partial charge in [-0.25, -0.2) is 18.1 Å². The van der Waals surface area contributed by atoms with Crippen molar-refractivity contribution in [2.45, 2.75) is 11.9 Å². The van der Waals surface area contributed by atoms with E-state index >= 15 is 0 Å². The van der Waals surface area contributed by atoms with Crippen molar-refractivity contribution < 1.29 is 12.6 Å². The lowest BCUT2D eigenvalue weighted by Gasteiger charge is -2.02. The van der Waals surface area contributed by atoms with E-state index in [0.717, 1.165) is 0 Å². The summed E-state index contributed by atoms with van der Waals surface area (Å²) in [6.07, 6.45) is 2.77. The van der Waals surface area contributed by atoms with Crippen molar-refractivity contribution >= 4 is 20.8 Å². The molecule has 0 aliphatic carbocycles. The number of nitrogens with zero attached hydrogens (tertiary/aromatic N) is 1. The van der Waals surface area contributed by atoms with Gasteiger partial charge in [0.1, 0.15) is 5.82 Å². The third kappa shape index (κ3) is 3.73. The van der Waals surface area contributed by atoms with Crippen LogP contribution in [0.5, 0.6) is 0 Å². The summed E-state index contributed by atoms with van der Waals surface area (Å²) in [6, 6.07) is 0. The minimum Gasteiger partial charge on any atom is -0.332 e. The fraction of sp³-hybridized carbons (Fsp3) is 0.571. The molecule has 8 heteroatoms. The van der Waals surface area contributed by atoms with Crippen LogP contribution in [0.15, 0.2) is 11.2 Å². The van der Waals surface area contributed by atoms with Crippen LogP contribution in [0.1, 0.15) is 5.82 Å². The van der Waals surface area contributed by atoms with Gasteiger partial charge in [0.15, 0.2) is 5.03 Å². The van der Waals surface area contributed by atoms with Gasteiger partial charge in [-0.1, -0.05) is 0 Å². The van der Waals surface area contributed by atoms with E-state index in [2.05, 4.69) is 14.7 Å². The maximum atomic E-state index is 11.5. The molecule has 0 saturated heterocycles. The number of rotatable bonds is 5. The van der Waals surface area contributed by atoms with Gasteiger partial charge < -0.3 is 4.98 Å². The van der Waals surface area contributed by atoms with Crippen LogP contribution in [0.25, 0.3) is 0 Å². The highest BCUT2D eigenvalue weighted by molar-refractivity contribution is 7.89. The molecule has 1 heterocycles. The second kappa shape index (κ2) is 4.86. The summed E-state index contributed by atoms with van der Waals surface area (Å²) < 4.78 is 36.1. The quantitative estimate of drug-likeness (QED) is 0.729. The molecule has 1 aromatic rings. The van der Waals surface area contributed by atoms with Crippen molar-refractivity contribution in [3.05, 3.63) is 12.0 Å². The van der Waals surface area contributed by atoms with E-state index in [4.69, 9.17) is 0 Å². The van der Waals surface area contributed by atoms with Crippen molar-refractivity contribution in [2.24, 2.45) is 0 Å². The smallest absolute Gasteiger partial charge is 0.257 e. The lowest BCUT2D eigenvalue weighted by Crippen LogP contribution is -2.28. The van der Waals surface area contributed by atoms with Crippen LogP contribution in [0.4, 0.5) is 0 Å². The van der Waals surface area contributed by atoms with E-state index in [9.17, 15) is 12.6 Å². The van der Waals surface area contributed by atoms with Crippen molar-refractivity contribution in [1.82, 2.24) is 14.7 Å². The van der Waals surface area contributed by atoms with Crippen molar-refractivity contribution in [1.29, 1.82) is 0 Å². The summed E-state index contributed by atoms with van der Waals surface area (Å²) >= 11 is 0. The number of sulfonamides is 1. The minimum atomic E-state index is -3.54. The first kappa shape index (κ1) is 12.3. The number of aromatic amines is 1. The van der Waals surface area contributed by atoms with Gasteiger partial charge in [-0.15, -0.1) is 0 Å². The van der Waals surface area contributed by atoms with Crippen molar-refractivity contribution in [3.63, 3.8) is 0 Å². The molecule has 1 unspecified atom stereocenters. The van der Waals surface area contributed by atoms with Gasteiger partial charge in [-0.2, -0.15) is 0 Å². The Morgan fingerprint density at radius 2 is 2.27 bits per heavy atom. The Kier molecular flexibility index (Phi) is 4.00. The van der Waals surface area contributed by atoms with Gasteiger partial charge in [0.2, 0.25) is 0 Å². The van der Waals surface area contributed by atoms with E-state index in [0.29, 0.717) is 11.6 Å². The summed E-state index contributed by atoms with van der Waals surface area (Å²) in [6.45, 7) is 1.82. The number of hydrogen-bond acceptors (Lipinski definition) is 4. The number of aromatic nitrogens is 2. The number of imidazole rings is 1. The van der Waals surface area contributed by atoms with Gasteiger partial charge in [-0.05, 0) is 6.92 Å². The largest absolute Gasteiger partial charge is 0.332 e. The van der Waals surface area contributed by atoms with Crippen LogP contribution in [0.2, 0.25) is 0 Å².